The van der Waals surface area contributed by atoms with Gasteiger partial charge in [0.05, 0.1) is 11.1 Å². The van der Waals surface area contributed by atoms with Crippen LogP contribution in [0.1, 0.15) is 30.0 Å². The molecule has 0 atom stereocenters. The summed E-state index contributed by atoms with van der Waals surface area (Å²) < 4.78 is 1.50. The zero-order valence-electron chi connectivity index (χ0n) is 13.7. The lowest BCUT2D eigenvalue weighted by Crippen LogP contribution is -2.41. The number of aromatic nitrogens is 2. The van der Waals surface area contributed by atoms with Crippen molar-refractivity contribution in [2.24, 2.45) is 5.41 Å². The average Bonchev–Trinajstić information content (AvgIpc) is 2.53. The van der Waals surface area contributed by atoms with Crippen molar-refractivity contribution < 1.29 is 14.7 Å². The number of amides is 1. The molecule has 0 aliphatic heterocycles. The third-order valence-corrected chi connectivity index (χ3v) is 3.59. The molecule has 7 nitrogen and oxygen atoms in total. The predicted octanol–water partition coefficient (Wildman–Crippen LogP) is 1.38. The average molecular weight is 329 g/mol. The fourth-order valence-corrected chi connectivity index (χ4v) is 2.00. The highest BCUT2D eigenvalue weighted by Gasteiger charge is 2.28. The molecule has 1 aromatic heterocycles. The fraction of sp³-hybridized carbons (Fsp3) is 0.294. The van der Waals surface area contributed by atoms with E-state index in [0.29, 0.717) is 5.69 Å². The van der Waals surface area contributed by atoms with Gasteiger partial charge < -0.3 is 10.4 Å². The van der Waals surface area contributed by atoms with Crippen LogP contribution in [0.25, 0.3) is 5.69 Å². The molecule has 126 valence electrons. The molecule has 1 aromatic carbocycles. The Morgan fingerprint density at radius 1 is 1.25 bits per heavy atom. The van der Waals surface area contributed by atoms with Gasteiger partial charge in [-0.25, -0.2) is 4.68 Å². The lowest BCUT2D eigenvalue weighted by Gasteiger charge is -2.19. The normalized spacial score (nSPS) is 11.1. The number of rotatable bonds is 5. The summed E-state index contributed by atoms with van der Waals surface area (Å²) in [6, 6.07) is 10.4. The Hall–Kier alpha value is -2.96. The van der Waals surface area contributed by atoms with Crippen molar-refractivity contribution >= 4 is 11.9 Å². The van der Waals surface area contributed by atoms with Crippen LogP contribution in [-0.2, 0) is 4.79 Å². The first-order valence-corrected chi connectivity index (χ1v) is 7.40. The Bertz CT molecular complexity index is 825. The number of carboxylic acid groups (broad SMARTS) is 1. The summed E-state index contributed by atoms with van der Waals surface area (Å²) in [5.41, 5.74) is -0.613. The molecular weight excluding hydrogens is 310 g/mol. The molecular formula is C17H19N3O4. The maximum atomic E-state index is 12.2. The number of carbonyl (C=O) groups is 2. The summed E-state index contributed by atoms with van der Waals surface area (Å²) in [5.74, 6) is -1.74. The second-order valence-corrected chi connectivity index (χ2v) is 6.12. The number of carbonyl (C=O) groups excluding carboxylic acids is 1. The van der Waals surface area contributed by atoms with Crippen LogP contribution in [0.15, 0.2) is 41.2 Å². The largest absolute Gasteiger partial charge is 0.481 e. The van der Waals surface area contributed by atoms with Gasteiger partial charge in [-0.1, -0.05) is 18.2 Å². The third-order valence-electron chi connectivity index (χ3n) is 3.59. The molecule has 0 aliphatic rings. The number of carboxylic acids is 1. The monoisotopic (exact) mass is 329 g/mol. The molecule has 0 fully saturated rings. The Balaban J connectivity index is 2.32. The second-order valence-electron chi connectivity index (χ2n) is 6.12. The molecule has 24 heavy (non-hydrogen) atoms. The van der Waals surface area contributed by atoms with E-state index in [1.165, 1.54) is 24.6 Å². The minimum absolute atomic E-state index is 0.110. The molecule has 1 heterocycles. The summed E-state index contributed by atoms with van der Waals surface area (Å²) in [6.07, 6.45) is 0. The number of aryl methyl sites for hydroxylation is 1. The molecule has 0 saturated heterocycles. The minimum Gasteiger partial charge on any atom is -0.481 e. The molecule has 0 saturated carbocycles. The van der Waals surface area contributed by atoms with E-state index in [2.05, 4.69) is 10.4 Å². The van der Waals surface area contributed by atoms with E-state index in [-0.39, 0.29) is 12.2 Å². The van der Waals surface area contributed by atoms with Crippen LogP contribution < -0.4 is 10.7 Å². The fourth-order valence-electron chi connectivity index (χ4n) is 2.00. The SMILES string of the molecule is Cc1cc(=O)c(C(=O)NCC(C)(C)C(=O)O)nn1-c1ccccc1. The van der Waals surface area contributed by atoms with Crippen molar-refractivity contribution in [3.63, 3.8) is 0 Å². The van der Waals surface area contributed by atoms with E-state index < -0.39 is 22.7 Å². The first-order valence-electron chi connectivity index (χ1n) is 7.40. The Kier molecular flexibility index (Phi) is 4.82. The lowest BCUT2D eigenvalue weighted by atomic mass is 9.94. The summed E-state index contributed by atoms with van der Waals surface area (Å²) in [6.45, 7) is 4.58. The topological polar surface area (TPSA) is 101 Å². The number of para-hydroxylation sites is 1. The van der Waals surface area contributed by atoms with Crippen molar-refractivity contribution in [2.75, 3.05) is 6.54 Å². The lowest BCUT2D eigenvalue weighted by molar-refractivity contribution is -0.146. The van der Waals surface area contributed by atoms with E-state index in [1.807, 2.05) is 18.2 Å². The summed E-state index contributed by atoms with van der Waals surface area (Å²) in [4.78, 5) is 35.4. The van der Waals surface area contributed by atoms with Gasteiger partial charge in [-0.05, 0) is 32.9 Å². The van der Waals surface area contributed by atoms with Gasteiger partial charge in [0.15, 0.2) is 5.69 Å². The summed E-state index contributed by atoms with van der Waals surface area (Å²) >= 11 is 0. The van der Waals surface area contributed by atoms with E-state index in [1.54, 1.807) is 19.1 Å². The standard InChI is InChI=1S/C17H19N3O4/c1-11-9-13(21)14(15(22)18-10-17(2,3)16(23)24)19-20(11)12-7-5-4-6-8-12/h4-9H,10H2,1-3H3,(H,18,22)(H,23,24). The van der Waals surface area contributed by atoms with Crippen LogP contribution in [0.4, 0.5) is 0 Å². The molecule has 0 bridgehead atoms. The predicted molar refractivity (Wildman–Crippen MR) is 88.3 cm³/mol. The second kappa shape index (κ2) is 6.66. The maximum absolute atomic E-state index is 12.2. The van der Waals surface area contributed by atoms with Gasteiger partial charge in [-0.3, -0.25) is 14.4 Å². The molecule has 0 aliphatic carbocycles. The van der Waals surface area contributed by atoms with E-state index in [4.69, 9.17) is 5.11 Å². The molecule has 1 amide bonds. The van der Waals surface area contributed by atoms with Gasteiger partial charge in [-0.2, -0.15) is 5.10 Å². The highest BCUT2D eigenvalue weighted by molar-refractivity contribution is 5.92. The Labute approximate surface area is 138 Å². The van der Waals surface area contributed by atoms with E-state index in [0.717, 1.165) is 5.69 Å². The quantitative estimate of drug-likeness (QED) is 0.863. The van der Waals surface area contributed by atoms with Crippen molar-refractivity contribution in [1.29, 1.82) is 0 Å². The van der Waals surface area contributed by atoms with Crippen LogP contribution >= 0.6 is 0 Å². The number of nitrogens with one attached hydrogen (secondary N) is 1. The van der Waals surface area contributed by atoms with Crippen LogP contribution in [0, 0.1) is 12.3 Å². The van der Waals surface area contributed by atoms with E-state index >= 15 is 0 Å². The highest BCUT2D eigenvalue weighted by atomic mass is 16.4. The van der Waals surface area contributed by atoms with Crippen LogP contribution in [0.5, 0.6) is 0 Å². The summed E-state index contributed by atoms with van der Waals surface area (Å²) in [5, 5.41) is 15.7. The number of hydrogen-bond donors (Lipinski definition) is 2. The molecule has 0 unspecified atom stereocenters. The molecule has 0 radical (unpaired) electrons. The van der Waals surface area contributed by atoms with E-state index in [9.17, 15) is 14.4 Å². The first kappa shape index (κ1) is 17.4. The molecule has 2 rings (SSSR count). The van der Waals surface area contributed by atoms with Crippen LogP contribution in [-0.4, -0.2) is 33.3 Å². The van der Waals surface area contributed by atoms with Crippen molar-refractivity contribution in [1.82, 2.24) is 15.1 Å². The molecule has 7 heteroatoms. The summed E-state index contributed by atoms with van der Waals surface area (Å²) in [7, 11) is 0. The Morgan fingerprint density at radius 3 is 2.46 bits per heavy atom. The minimum atomic E-state index is -1.14. The molecule has 2 aromatic rings. The van der Waals surface area contributed by atoms with Crippen LogP contribution in [0.2, 0.25) is 0 Å². The van der Waals surface area contributed by atoms with Crippen molar-refractivity contribution in [2.45, 2.75) is 20.8 Å². The van der Waals surface area contributed by atoms with Crippen molar-refractivity contribution in [3.05, 3.63) is 58.0 Å². The van der Waals surface area contributed by atoms with Gasteiger partial charge >= 0.3 is 5.97 Å². The first-order chi connectivity index (χ1) is 11.2. The molecule has 0 spiro atoms. The zero-order chi connectivity index (χ0) is 17.9. The van der Waals surface area contributed by atoms with Gasteiger partial charge in [0.1, 0.15) is 0 Å². The maximum Gasteiger partial charge on any atom is 0.310 e. The molecule has 2 N–H and O–H groups in total. The number of aliphatic carboxylic acids is 1. The number of benzene rings is 1. The van der Waals surface area contributed by atoms with Gasteiger partial charge in [-0.15, -0.1) is 0 Å². The number of nitrogens with zero attached hydrogens (tertiary/aromatic N) is 2. The van der Waals surface area contributed by atoms with Crippen LogP contribution in [0.3, 0.4) is 0 Å². The Morgan fingerprint density at radius 2 is 1.88 bits per heavy atom. The van der Waals surface area contributed by atoms with Gasteiger partial charge in [0.2, 0.25) is 5.43 Å². The van der Waals surface area contributed by atoms with Crippen molar-refractivity contribution in [3.8, 4) is 5.69 Å². The van der Waals surface area contributed by atoms with Gasteiger partial charge in [0, 0.05) is 18.3 Å². The number of hydrogen-bond acceptors (Lipinski definition) is 4. The highest BCUT2D eigenvalue weighted by Crippen LogP contribution is 2.13. The smallest absolute Gasteiger partial charge is 0.310 e. The van der Waals surface area contributed by atoms with Gasteiger partial charge in [0.25, 0.3) is 5.91 Å². The third kappa shape index (κ3) is 3.68. The zero-order valence-corrected chi connectivity index (χ0v) is 13.7.